The molecule has 5 nitrogen and oxygen atoms in total. The van der Waals surface area contributed by atoms with Crippen molar-refractivity contribution in [2.75, 3.05) is 20.0 Å². The van der Waals surface area contributed by atoms with E-state index in [1.54, 1.807) is 14.2 Å². The fraction of sp³-hybridized carbons (Fsp3) is 0.200. The molecule has 0 spiro atoms. The lowest BCUT2D eigenvalue weighted by molar-refractivity contribution is 0.404. The van der Waals surface area contributed by atoms with Crippen LogP contribution in [0.5, 0.6) is 11.5 Å². The van der Waals surface area contributed by atoms with Gasteiger partial charge in [-0.1, -0.05) is 11.3 Å². The Kier molecular flexibility index (Phi) is 2.91. The third-order valence-corrected chi connectivity index (χ3v) is 2.86. The number of nitrogen functional groups attached to an aromatic ring is 1. The standard InChI is InChI=1S/C10H11N3O2S/c1-14-6-3-4-8(15-2)7(5-6)9-12-13-10(11)16-9/h3-5H,1-2H3,(H2,11,13). The van der Waals surface area contributed by atoms with Crippen LogP contribution in [0.3, 0.4) is 0 Å². The van der Waals surface area contributed by atoms with E-state index >= 15 is 0 Å². The maximum absolute atomic E-state index is 5.55. The normalized spacial score (nSPS) is 10.1. The van der Waals surface area contributed by atoms with Crippen molar-refractivity contribution < 1.29 is 9.47 Å². The van der Waals surface area contributed by atoms with Gasteiger partial charge in [-0.3, -0.25) is 0 Å². The van der Waals surface area contributed by atoms with Crippen molar-refractivity contribution in [2.45, 2.75) is 0 Å². The van der Waals surface area contributed by atoms with Crippen molar-refractivity contribution in [1.82, 2.24) is 10.2 Å². The first-order valence-corrected chi connectivity index (χ1v) is 5.37. The average molecular weight is 237 g/mol. The highest BCUT2D eigenvalue weighted by Crippen LogP contribution is 2.35. The molecule has 0 radical (unpaired) electrons. The van der Waals surface area contributed by atoms with Gasteiger partial charge in [-0.15, -0.1) is 10.2 Å². The number of hydrogen-bond acceptors (Lipinski definition) is 6. The Morgan fingerprint density at radius 3 is 2.56 bits per heavy atom. The van der Waals surface area contributed by atoms with E-state index in [0.717, 1.165) is 17.1 Å². The molecular formula is C10H11N3O2S. The Morgan fingerprint density at radius 2 is 2.00 bits per heavy atom. The molecule has 0 atom stereocenters. The summed E-state index contributed by atoms with van der Waals surface area (Å²) in [7, 11) is 3.22. The minimum absolute atomic E-state index is 0.430. The smallest absolute Gasteiger partial charge is 0.203 e. The highest BCUT2D eigenvalue weighted by atomic mass is 32.1. The van der Waals surface area contributed by atoms with E-state index in [0.29, 0.717) is 10.1 Å². The first kappa shape index (κ1) is 10.7. The van der Waals surface area contributed by atoms with E-state index in [-0.39, 0.29) is 0 Å². The average Bonchev–Trinajstić information content (AvgIpc) is 2.75. The van der Waals surface area contributed by atoms with Crippen molar-refractivity contribution in [2.24, 2.45) is 0 Å². The molecule has 1 heterocycles. The molecule has 0 amide bonds. The van der Waals surface area contributed by atoms with Crippen molar-refractivity contribution >= 4 is 16.5 Å². The molecule has 1 aromatic carbocycles. The highest BCUT2D eigenvalue weighted by Gasteiger charge is 2.11. The molecule has 16 heavy (non-hydrogen) atoms. The first-order chi connectivity index (χ1) is 7.74. The summed E-state index contributed by atoms with van der Waals surface area (Å²) in [5.74, 6) is 1.46. The number of nitrogens with two attached hydrogens (primary N) is 1. The van der Waals surface area contributed by atoms with E-state index in [1.165, 1.54) is 11.3 Å². The van der Waals surface area contributed by atoms with Gasteiger partial charge in [-0.25, -0.2) is 0 Å². The predicted molar refractivity (Wildman–Crippen MR) is 62.9 cm³/mol. The van der Waals surface area contributed by atoms with E-state index in [2.05, 4.69) is 10.2 Å². The number of nitrogens with zero attached hydrogens (tertiary/aromatic N) is 2. The van der Waals surface area contributed by atoms with Crippen LogP contribution in [-0.4, -0.2) is 24.4 Å². The van der Waals surface area contributed by atoms with E-state index in [9.17, 15) is 0 Å². The number of rotatable bonds is 3. The van der Waals surface area contributed by atoms with Crippen LogP contribution < -0.4 is 15.2 Å². The largest absolute Gasteiger partial charge is 0.497 e. The summed E-state index contributed by atoms with van der Waals surface area (Å²) in [4.78, 5) is 0. The zero-order chi connectivity index (χ0) is 11.5. The molecular weight excluding hydrogens is 226 g/mol. The molecule has 1 aromatic heterocycles. The van der Waals surface area contributed by atoms with Crippen LogP contribution >= 0.6 is 11.3 Å². The molecule has 6 heteroatoms. The SMILES string of the molecule is COc1ccc(OC)c(-c2nnc(N)s2)c1. The molecule has 0 bridgehead atoms. The van der Waals surface area contributed by atoms with Crippen molar-refractivity contribution in [3.05, 3.63) is 18.2 Å². The van der Waals surface area contributed by atoms with E-state index in [1.807, 2.05) is 18.2 Å². The van der Waals surface area contributed by atoms with E-state index in [4.69, 9.17) is 15.2 Å². The molecule has 2 rings (SSSR count). The van der Waals surface area contributed by atoms with Gasteiger partial charge in [0.15, 0.2) is 5.01 Å². The van der Waals surface area contributed by atoms with Gasteiger partial charge in [-0.05, 0) is 18.2 Å². The Hall–Kier alpha value is -1.82. The van der Waals surface area contributed by atoms with Gasteiger partial charge in [-0.2, -0.15) is 0 Å². The molecule has 0 saturated carbocycles. The molecule has 84 valence electrons. The molecule has 0 unspecified atom stereocenters. The number of anilines is 1. The van der Waals surface area contributed by atoms with Gasteiger partial charge in [0.05, 0.1) is 19.8 Å². The van der Waals surface area contributed by atoms with Crippen LogP contribution in [0.25, 0.3) is 10.6 Å². The molecule has 0 aliphatic rings. The lowest BCUT2D eigenvalue weighted by atomic mass is 10.2. The predicted octanol–water partition coefficient (Wildman–Crippen LogP) is 1.80. The fourth-order valence-corrected chi connectivity index (χ4v) is 1.96. The summed E-state index contributed by atoms with van der Waals surface area (Å²) in [5.41, 5.74) is 6.38. The minimum atomic E-state index is 0.430. The highest BCUT2D eigenvalue weighted by molar-refractivity contribution is 7.18. The second-order valence-electron chi connectivity index (χ2n) is 3.01. The number of aromatic nitrogens is 2. The monoisotopic (exact) mass is 237 g/mol. The molecule has 2 N–H and O–H groups in total. The minimum Gasteiger partial charge on any atom is -0.497 e. The molecule has 2 aromatic rings. The lowest BCUT2D eigenvalue weighted by Crippen LogP contribution is -1.90. The summed E-state index contributed by atoms with van der Waals surface area (Å²) >= 11 is 1.31. The second-order valence-corrected chi connectivity index (χ2v) is 4.02. The quantitative estimate of drug-likeness (QED) is 0.881. The van der Waals surface area contributed by atoms with Crippen LogP contribution in [-0.2, 0) is 0 Å². The van der Waals surface area contributed by atoms with Crippen LogP contribution in [0.2, 0.25) is 0 Å². The molecule has 0 saturated heterocycles. The number of hydrogen-bond donors (Lipinski definition) is 1. The number of benzene rings is 1. The second kappa shape index (κ2) is 4.36. The maximum Gasteiger partial charge on any atom is 0.203 e. The summed E-state index contributed by atoms with van der Waals surface area (Å²) < 4.78 is 10.4. The summed E-state index contributed by atoms with van der Waals surface area (Å²) in [5, 5.41) is 8.90. The van der Waals surface area contributed by atoms with Crippen LogP contribution in [0, 0.1) is 0 Å². The van der Waals surface area contributed by atoms with Gasteiger partial charge in [0.1, 0.15) is 11.5 Å². The van der Waals surface area contributed by atoms with Gasteiger partial charge >= 0.3 is 0 Å². The van der Waals surface area contributed by atoms with Crippen molar-refractivity contribution in [3.8, 4) is 22.1 Å². The number of methoxy groups -OCH3 is 2. The first-order valence-electron chi connectivity index (χ1n) is 4.56. The van der Waals surface area contributed by atoms with E-state index < -0.39 is 0 Å². The maximum atomic E-state index is 5.55. The number of ether oxygens (including phenoxy) is 2. The zero-order valence-electron chi connectivity index (χ0n) is 8.93. The van der Waals surface area contributed by atoms with Gasteiger partial charge in [0, 0.05) is 0 Å². The lowest BCUT2D eigenvalue weighted by Gasteiger charge is -2.07. The molecule has 0 fully saturated rings. The van der Waals surface area contributed by atoms with Crippen LogP contribution in [0.1, 0.15) is 0 Å². The molecule has 0 aliphatic heterocycles. The van der Waals surface area contributed by atoms with Gasteiger partial charge in [0.25, 0.3) is 0 Å². The Labute approximate surface area is 96.8 Å². The van der Waals surface area contributed by atoms with Crippen LogP contribution in [0.15, 0.2) is 18.2 Å². The summed E-state index contributed by atoms with van der Waals surface area (Å²) in [6.07, 6.45) is 0. The zero-order valence-corrected chi connectivity index (χ0v) is 9.75. The summed E-state index contributed by atoms with van der Waals surface area (Å²) in [6.45, 7) is 0. The van der Waals surface area contributed by atoms with Gasteiger partial charge in [0.2, 0.25) is 5.13 Å². The Bertz CT molecular complexity index is 499. The molecule has 0 aliphatic carbocycles. The van der Waals surface area contributed by atoms with Crippen molar-refractivity contribution in [3.63, 3.8) is 0 Å². The summed E-state index contributed by atoms with van der Waals surface area (Å²) in [6, 6.07) is 5.50. The Balaban J connectivity index is 2.52. The topological polar surface area (TPSA) is 70.3 Å². The van der Waals surface area contributed by atoms with Gasteiger partial charge < -0.3 is 15.2 Å². The van der Waals surface area contributed by atoms with Crippen molar-refractivity contribution in [1.29, 1.82) is 0 Å². The third-order valence-electron chi connectivity index (χ3n) is 2.08. The Morgan fingerprint density at radius 1 is 1.19 bits per heavy atom. The third kappa shape index (κ3) is 1.92. The van der Waals surface area contributed by atoms with Crippen LogP contribution in [0.4, 0.5) is 5.13 Å². The fourth-order valence-electron chi connectivity index (χ4n) is 1.32.